The van der Waals surface area contributed by atoms with E-state index in [0.29, 0.717) is 5.75 Å². The fourth-order valence-electron chi connectivity index (χ4n) is 4.15. The van der Waals surface area contributed by atoms with Crippen molar-refractivity contribution < 1.29 is 14.3 Å². The second kappa shape index (κ2) is 8.74. The summed E-state index contributed by atoms with van der Waals surface area (Å²) in [5, 5.41) is 0. The Hall–Kier alpha value is -4.20. The number of nitrogens with zero attached hydrogens (tertiary/aromatic N) is 3. The van der Waals surface area contributed by atoms with Crippen LogP contribution in [0.1, 0.15) is 0 Å². The topological polar surface area (TPSA) is 96.7 Å². The first-order chi connectivity index (χ1) is 16.1. The van der Waals surface area contributed by atoms with Crippen LogP contribution in [0.25, 0.3) is 22.4 Å². The minimum absolute atomic E-state index is 0.384. The number of anilines is 2. The van der Waals surface area contributed by atoms with Crippen LogP contribution < -0.4 is 25.0 Å². The minimum atomic E-state index is -0.838. The number of carbonyl (C=O) groups excluding carboxylic acids is 1. The molecule has 8 heteroatoms. The van der Waals surface area contributed by atoms with E-state index in [-0.39, 0.29) is 0 Å². The average Bonchev–Trinajstić information content (AvgIpc) is 3.27. The Kier molecular flexibility index (Phi) is 5.48. The predicted molar refractivity (Wildman–Crippen MR) is 129 cm³/mol. The third kappa shape index (κ3) is 4.41. The Morgan fingerprint density at radius 2 is 1.45 bits per heavy atom. The molecule has 0 unspecified atom stereocenters. The highest BCUT2D eigenvalue weighted by atomic mass is 16.5. The van der Waals surface area contributed by atoms with E-state index in [2.05, 4.69) is 56.2 Å². The molecule has 3 aromatic carbocycles. The zero-order valence-corrected chi connectivity index (χ0v) is 18.3. The van der Waals surface area contributed by atoms with E-state index < -0.39 is 6.09 Å². The van der Waals surface area contributed by atoms with Gasteiger partial charge in [0.25, 0.3) is 0 Å². The van der Waals surface area contributed by atoms with Gasteiger partial charge in [-0.1, -0.05) is 0 Å². The molecule has 1 fully saturated rings. The Balaban J connectivity index is 1.25. The summed E-state index contributed by atoms with van der Waals surface area (Å²) in [6.07, 6.45) is -0.838. The van der Waals surface area contributed by atoms with Crippen LogP contribution in [0.15, 0.2) is 66.7 Å². The molecule has 1 aliphatic heterocycles. The number of carbonyl (C=O) groups is 1. The second-order valence-corrected chi connectivity index (χ2v) is 7.90. The van der Waals surface area contributed by atoms with Gasteiger partial charge >= 0.3 is 6.09 Å². The van der Waals surface area contributed by atoms with Crippen molar-refractivity contribution in [1.82, 2.24) is 9.97 Å². The number of nitrogens with two attached hydrogens (primary N) is 1. The fourth-order valence-corrected chi connectivity index (χ4v) is 4.15. The van der Waals surface area contributed by atoms with Gasteiger partial charge in [0.1, 0.15) is 17.3 Å². The van der Waals surface area contributed by atoms with Gasteiger partial charge in [0.05, 0.1) is 18.1 Å². The highest BCUT2D eigenvalue weighted by Gasteiger charge is 2.18. The fraction of sp³-hybridized carbons (Fsp3) is 0.200. The van der Waals surface area contributed by atoms with Crippen molar-refractivity contribution in [3.05, 3.63) is 66.7 Å². The van der Waals surface area contributed by atoms with E-state index in [0.717, 1.165) is 54.3 Å². The van der Waals surface area contributed by atoms with Crippen molar-refractivity contribution in [3.63, 3.8) is 0 Å². The average molecular weight is 444 g/mol. The molecule has 0 atom stereocenters. The number of H-pyrrole nitrogens is 1. The van der Waals surface area contributed by atoms with Crippen LogP contribution in [0.2, 0.25) is 0 Å². The Bertz CT molecular complexity index is 1260. The molecule has 168 valence electrons. The first-order valence-corrected chi connectivity index (χ1v) is 10.8. The van der Waals surface area contributed by atoms with Crippen LogP contribution in [0.4, 0.5) is 16.2 Å². The van der Waals surface area contributed by atoms with Gasteiger partial charge < -0.3 is 30.0 Å². The van der Waals surface area contributed by atoms with E-state index in [1.54, 1.807) is 25.3 Å². The molecule has 0 bridgehead atoms. The molecule has 8 nitrogen and oxygen atoms in total. The summed E-state index contributed by atoms with van der Waals surface area (Å²) >= 11 is 0. The van der Waals surface area contributed by atoms with E-state index in [1.165, 1.54) is 11.4 Å². The second-order valence-electron chi connectivity index (χ2n) is 7.90. The van der Waals surface area contributed by atoms with Gasteiger partial charge in [0, 0.05) is 49.2 Å². The van der Waals surface area contributed by atoms with Gasteiger partial charge in [0.2, 0.25) is 0 Å². The van der Waals surface area contributed by atoms with Gasteiger partial charge in [-0.25, -0.2) is 9.78 Å². The molecular formula is C25H25N5O3. The molecular weight excluding hydrogens is 418 g/mol. The number of ether oxygens (including phenoxy) is 2. The monoisotopic (exact) mass is 443 g/mol. The van der Waals surface area contributed by atoms with Gasteiger partial charge in [-0.3, -0.25) is 0 Å². The summed E-state index contributed by atoms with van der Waals surface area (Å²) in [5.74, 6) is 2.02. The zero-order valence-electron chi connectivity index (χ0n) is 18.3. The lowest BCUT2D eigenvalue weighted by molar-refractivity contribution is 0.211. The summed E-state index contributed by atoms with van der Waals surface area (Å²) in [6, 6.07) is 21.8. The number of aromatic amines is 1. The zero-order chi connectivity index (χ0) is 22.8. The minimum Gasteiger partial charge on any atom is -0.497 e. The molecule has 0 spiro atoms. The van der Waals surface area contributed by atoms with E-state index >= 15 is 0 Å². The van der Waals surface area contributed by atoms with E-state index in [9.17, 15) is 4.79 Å². The van der Waals surface area contributed by atoms with Crippen molar-refractivity contribution in [1.29, 1.82) is 0 Å². The number of piperazine rings is 1. The van der Waals surface area contributed by atoms with Crippen molar-refractivity contribution >= 4 is 28.5 Å². The molecule has 1 aromatic heterocycles. The number of rotatable bonds is 5. The number of fused-ring (bicyclic) bond motifs is 1. The number of hydrogen-bond donors (Lipinski definition) is 2. The molecule has 1 aliphatic rings. The largest absolute Gasteiger partial charge is 0.497 e. The van der Waals surface area contributed by atoms with Crippen LogP contribution in [0.3, 0.4) is 0 Å². The molecule has 0 radical (unpaired) electrons. The number of methoxy groups -OCH3 is 1. The number of hydrogen-bond acceptors (Lipinski definition) is 6. The molecule has 3 N–H and O–H groups in total. The van der Waals surface area contributed by atoms with Crippen molar-refractivity contribution in [3.8, 4) is 22.9 Å². The molecule has 33 heavy (non-hydrogen) atoms. The number of primary amides is 1. The first-order valence-electron chi connectivity index (χ1n) is 10.8. The Labute approximate surface area is 191 Å². The Morgan fingerprint density at radius 1 is 0.879 bits per heavy atom. The molecule has 0 aliphatic carbocycles. The lowest BCUT2D eigenvalue weighted by Gasteiger charge is -2.37. The van der Waals surface area contributed by atoms with Crippen molar-refractivity contribution in [2.75, 3.05) is 43.1 Å². The highest BCUT2D eigenvalue weighted by molar-refractivity contribution is 5.82. The summed E-state index contributed by atoms with van der Waals surface area (Å²) in [4.78, 5) is 23.7. The van der Waals surface area contributed by atoms with Crippen LogP contribution >= 0.6 is 0 Å². The maximum absolute atomic E-state index is 11.0. The molecule has 5 rings (SSSR count). The maximum atomic E-state index is 11.0. The molecule has 4 aromatic rings. The smallest absolute Gasteiger partial charge is 0.409 e. The first kappa shape index (κ1) is 20.7. The molecule has 0 saturated carbocycles. The van der Waals surface area contributed by atoms with Crippen molar-refractivity contribution in [2.24, 2.45) is 5.73 Å². The standard InChI is InChI=1S/C25H25N5O3/c1-32-20-8-6-19(7-9-20)30-14-12-29(13-15-30)18-4-2-17(3-5-18)24-27-22-11-10-21(33-25(26)31)16-23(22)28-24/h2-11,16H,12-15H2,1H3,(H2,26,31)(H,27,28). The van der Waals surface area contributed by atoms with Gasteiger partial charge in [-0.2, -0.15) is 0 Å². The molecule has 1 amide bonds. The molecule has 2 heterocycles. The number of nitrogens with one attached hydrogen (secondary N) is 1. The number of aromatic nitrogens is 2. The lowest BCUT2D eigenvalue weighted by Crippen LogP contribution is -2.46. The number of amides is 1. The lowest BCUT2D eigenvalue weighted by atomic mass is 10.1. The predicted octanol–water partition coefficient (Wildman–Crippen LogP) is 4.02. The summed E-state index contributed by atoms with van der Waals surface area (Å²) in [6.45, 7) is 3.85. The number of imidazole rings is 1. The number of benzene rings is 3. The summed E-state index contributed by atoms with van der Waals surface area (Å²) in [7, 11) is 1.69. The maximum Gasteiger partial charge on any atom is 0.409 e. The van der Waals surface area contributed by atoms with Crippen LogP contribution in [-0.2, 0) is 0 Å². The highest BCUT2D eigenvalue weighted by Crippen LogP contribution is 2.27. The summed E-state index contributed by atoms with van der Waals surface area (Å²) in [5.41, 5.74) is 10.1. The molecule has 1 saturated heterocycles. The summed E-state index contributed by atoms with van der Waals surface area (Å²) < 4.78 is 10.2. The van der Waals surface area contributed by atoms with Crippen LogP contribution in [0, 0.1) is 0 Å². The van der Waals surface area contributed by atoms with E-state index in [1.807, 2.05) is 12.1 Å². The van der Waals surface area contributed by atoms with Gasteiger partial charge in [0.15, 0.2) is 0 Å². The SMILES string of the molecule is COc1ccc(N2CCN(c3ccc(-c4nc5ccc(OC(N)=O)cc5[nH]4)cc3)CC2)cc1. The third-order valence-corrected chi connectivity index (χ3v) is 5.89. The van der Waals surface area contributed by atoms with Crippen LogP contribution in [0.5, 0.6) is 11.5 Å². The normalized spacial score (nSPS) is 13.8. The van der Waals surface area contributed by atoms with Gasteiger partial charge in [-0.15, -0.1) is 0 Å². The van der Waals surface area contributed by atoms with Gasteiger partial charge in [-0.05, 0) is 60.7 Å². The van der Waals surface area contributed by atoms with Crippen LogP contribution in [-0.4, -0.2) is 49.4 Å². The van der Waals surface area contributed by atoms with E-state index in [4.69, 9.17) is 15.2 Å². The quantitative estimate of drug-likeness (QED) is 0.484. The Morgan fingerprint density at radius 3 is 2.03 bits per heavy atom. The van der Waals surface area contributed by atoms with Crippen molar-refractivity contribution in [2.45, 2.75) is 0 Å². The third-order valence-electron chi connectivity index (χ3n) is 5.89.